The molecule has 1 saturated carbocycles. The number of ether oxygens (including phenoxy) is 1. The molecule has 0 bridgehead atoms. The predicted molar refractivity (Wildman–Crippen MR) is 163 cm³/mol. The van der Waals surface area contributed by atoms with Gasteiger partial charge < -0.3 is 25.4 Å². The minimum Gasteiger partial charge on any atom is -0.508 e. The molecule has 2 atom stereocenters. The molecule has 3 amide bonds. The lowest BCUT2D eigenvalue weighted by atomic mass is 9.87. The number of rotatable bonds is 9. The highest BCUT2D eigenvalue weighted by Gasteiger charge is 2.43. The van der Waals surface area contributed by atoms with Gasteiger partial charge in [-0.25, -0.2) is 4.79 Å². The molecule has 4 rings (SSSR count). The van der Waals surface area contributed by atoms with E-state index in [0.29, 0.717) is 24.1 Å². The standard InChI is InChI=1S/C34H41N3O5/c1-22-13-11-14-23(2)29(22)36-31(39)30(26-19-9-10-20-28(26)38)37(25-17-12-18-25)32(40)27(21-24-15-7-6-8-16-24)35-33(41)42-34(3,4)5/h6-11,13-16,19-20,25,27,30,38H,12,17-18,21H2,1-5H3,(H,35,41)(H,36,39). The van der Waals surface area contributed by atoms with Crippen molar-refractivity contribution in [2.24, 2.45) is 0 Å². The highest BCUT2D eigenvalue weighted by atomic mass is 16.6. The summed E-state index contributed by atoms with van der Waals surface area (Å²) in [5, 5.41) is 16.8. The molecular weight excluding hydrogens is 530 g/mol. The summed E-state index contributed by atoms with van der Waals surface area (Å²) in [5.74, 6) is -0.944. The van der Waals surface area contributed by atoms with Gasteiger partial charge >= 0.3 is 6.09 Å². The summed E-state index contributed by atoms with van der Waals surface area (Å²) in [7, 11) is 0. The smallest absolute Gasteiger partial charge is 0.408 e. The van der Waals surface area contributed by atoms with Crippen molar-refractivity contribution in [2.45, 2.75) is 84.0 Å². The van der Waals surface area contributed by atoms with E-state index in [1.54, 1.807) is 43.9 Å². The molecule has 0 spiro atoms. The van der Waals surface area contributed by atoms with Gasteiger partial charge in [0.05, 0.1) is 0 Å². The Bertz CT molecular complexity index is 1390. The molecule has 2 unspecified atom stereocenters. The first kappa shape index (κ1) is 30.6. The lowest BCUT2D eigenvalue weighted by Gasteiger charge is -2.43. The van der Waals surface area contributed by atoms with Crippen molar-refractivity contribution in [3.63, 3.8) is 0 Å². The van der Waals surface area contributed by atoms with Crippen LogP contribution in [0, 0.1) is 13.8 Å². The normalized spacial score (nSPS) is 14.7. The largest absolute Gasteiger partial charge is 0.508 e. The molecule has 42 heavy (non-hydrogen) atoms. The molecule has 1 aliphatic rings. The van der Waals surface area contributed by atoms with Gasteiger partial charge in [0, 0.05) is 23.7 Å². The summed E-state index contributed by atoms with van der Waals surface area (Å²) in [6.07, 6.45) is 1.80. The fraction of sp³-hybridized carbons (Fsp3) is 0.382. The third kappa shape index (κ3) is 7.49. The van der Waals surface area contributed by atoms with Gasteiger partial charge in [-0.2, -0.15) is 0 Å². The van der Waals surface area contributed by atoms with E-state index in [9.17, 15) is 19.5 Å². The number of anilines is 1. The number of carbonyl (C=O) groups is 3. The molecule has 3 N–H and O–H groups in total. The van der Waals surface area contributed by atoms with Crippen molar-refractivity contribution in [2.75, 3.05) is 5.32 Å². The molecule has 0 saturated heterocycles. The Labute approximate surface area is 248 Å². The number of nitrogens with one attached hydrogen (secondary N) is 2. The molecular formula is C34H41N3O5. The minimum absolute atomic E-state index is 0.0870. The molecule has 1 fully saturated rings. The van der Waals surface area contributed by atoms with Gasteiger partial charge in [-0.3, -0.25) is 9.59 Å². The summed E-state index contributed by atoms with van der Waals surface area (Å²) >= 11 is 0. The summed E-state index contributed by atoms with van der Waals surface area (Å²) in [6.45, 7) is 9.09. The Morgan fingerprint density at radius 3 is 2.12 bits per heavy atom. The van der Waals surface area contributed by atoms with Crippen LogP contribution in [0.25, 0.3) is 0 Å². The van der Waals surface area contributed by atoms with Crippen molar-refractivity contribution in [3.05, 3.63) is 95.1 Å². The Morgan fingerprint density at radius 1 is 0.929 bits per heavy atom. The highest BCUT2D eigenvalue weighted by Crippen LogP contribution is 2.38. The number of amides is 3. The Balaban J connectivity index is 1.77. The third-order valence-corrected chi connectivity index (χ3v) is 7.48. The van der Waals surface area contributed by atoms with Gasteiger partial charge in [0.25, 0.3) is 5.91 Å². The zero-order valence-corrected chi connectivity index (χ0v) is 25.0. The zero-order valence-electron chi connectivity index (χ0n) is 25.0. The first-order chi connectivity index (χ1) is 19.9. The number of benzene rings is 3. The maximum absolute atomic E-state index is 14.6. The van der Waals surface area contributed by atoms with Crippen molar-refractivity contribution in [1.82, 2.24) is 10.2 Å². The average molecular weight is 572 g/mol. The van der Waals surface area contributed by atoms with Crippen molar-refractivity contribution in [3.8, 4) is 5.75 Å². The number of phenolic OH excluding ortho intramolecular Hbond substituents is 1. The Hall–Kier alpha value is -4.33. The molecule has 0 aliphatic heterocycles. The van der Waals surface area contributed by atoms with E-state index >= 15 is 0 Å². The number of aryl methyl sites for hydroxylation is 2. The number of alkyl carbamates (subject to hydrolysis) is 1. The fourth-order valence-corrected chi connectivity index (χ4v) is 5.20. The quantitative estimate of drug-likeness (QED) is 0.283. The monoisotopic (exact) mass is 571 g/mol. The maximum atomic E-state index is 14.6. The van der Waals surface area contributed by atoms with Crippen LogP contribution in [0.3, 0.4) is 0 Å². The molecule has 3 aromatic rings. The van der Waals surface area contributed by atoms with Crippen LogP contribution in [0.1, 0.15) is 68.3 Å². The number of para-hydroxylation sites is 2. The van der Waals surface area contributed by atoms with Crippen LogP contribution < -0.4 is 10.6 Å². The van der Waals surface area contributed by atoms with E-state index in [1.165, 1.54) is 6.07 Å². The van der Waals surface area contributed by atoms with Gasteiger partial charge in [-0.05, 0) is 76.6 Å². The second-order valence-corrected chi connectivity index (χ2v) is 11.9. The average Bonchev–Trinajstić information content (AvgIpc) is 2.89. The van der Waals surface area contributed by atoms with Gasteiger partial charge in [0.2, 0.25) is 5.91 Å². The van der Waals surface area contributed by atoms with Crippen LogP contribution in [-0.2, 0) is 20.7 Å². The number of aromatic hydroxyl groups is 1. The zero-order chi connectivity index (χ0) is 30.4. The van der Waals surface area contributed by atoms with Crippen molar-refractivity contribution in [1.29, 1.82) is 0 Å². The maximum Gasteiger partial charge on any atom is 0.408 e. The Kier molecular flexibility index (Phi) is 9.55. The molecule has 8 nitrogen and oxygen atoms in total. The van der Waals surface area contributed by atoms with Crippen LogP contribution in [-0.4, -0.2) is 45.6 Å². The van der Waals surface area contributed by atoms with E-state index in [2.05, 4.69) is 10.6 Å². The summed E-state index contributed by atoms with van der Waals surface area (Å²) in [4.78, 5) is 43.3. The molecule has 0 aromatic heterocycles. The first-order valence-electron chi connectivity index (χ1n) is 14.4. The molecule has 0 radical (unpaired) electrons. The topological polar surface area (TPSA) is 108 Å². The highest BCUT2D eigenvalue weighted by molar-refractivity contribution is 6.00. The molecule has 8 heteroatoms. The van der Waals surface area contributed by atoms with E-state index in [-0.39, 0.29) is 18.2 Å². The summed E-state index contributed by atoms with van der Waals surface area (Å²) < 4.78 is 5.51. The molecule has 222 valence electrons. The molecule has 0 heterocycles. The number of phenols is 1. The Morgan fingerprint density at radius 2 is 1.55 bits per heavy atom. The van der Waals surface area contributed by atoms with E-state index in [0.717, 1.165) is 23.1 Å². The predicted octanol–water partition coefficient (Wildman–Crippen LogP) is 6.21. The molecule has 3 aromatic carbocycles. The lowest BCUT2D eigenvalue weighted by Crippen LogP contribution is -2.57. The number of nitrogens with zero attached hydrogens (tertiary/aromatic N) is 1. The van der Waals surface area contributed by atoms with E-state index in [1.807, 2.05) is 62.4 Å². The van der Waals surface area contributed by atoms with Crippen LogP contribution in [0.15, 0.2) is 72.8 Å². The SMILES string of the molecule is Cc1cccc(C)c1NC(=O)C(c1ccccc1O)N(C(=O)C(Cc1ccccc1)NC(=O)OC(C)(C)C)C1CCC1. The van der Waals surface area contributed by atoms with Crippen LogP contribution >= 0.6 is 0 Å². The van der Waals surface area contributed by atoms with Gasteiger partial charge in [-0.15, -0.1) is 0 Å². The number of carbonyl (C=O) groups excluding carboxylic acids is 3. The summed E-state index contributed by atoms with van der Waals surface area (Å²) in [5.41, 5.74) is 2.83. The van der Waals surface area contributed by atoms with Crippen LogP contribution in [0.5, 0.6) is 5.75 Å². The van der Waals surface area contributed by atoms with Crippen LogP contribution in [0.4, 0.5) is 10.5 Å². The number of hydrogen-bond acceptors (Lipinski definition) is 5. The van der Waals surface area contributed by atoms with Crippen molar-refractivity contribution >= 4 is 23.6 Å². The van der Waals surface area contributed by atoms with Gasteiger partial charge in [-0.1, -0.05) is 66.7 Å². The number of hydrogen-bond donors (Lipinski definition) is 3. The second-order valence-electron chi connectivity index (χ2n) is 11.9. The van der Waals surface area contributed by atoms with E-state index in [4.69, 9.17) is 4.74 Å². The van der Waals surface area contributed by atoms with Crippen LogP contribution in [0.2, 0.25) is 0 Å². The molecule has 1 aliphatic carbocycles. The fourth-order valence-electron chi connectivity index (χ4n) is 5.20. The minimum atomic E-state index is -1.14. The van der Waals surface area contributed by atoms with Gasteiger partial charge in [0.1, 0.15) is 23.4 Å². The van der Waals surface area contributed by atoms with E-state index < -0.39 is 35.6 Å². The third-order valence-electron chi connectivity index (χ3n) is 7.48. The second kappa shape index (κ2) is 13.1. The first-order valence-corrected chi connectivity index (χ1v) is 14.4. The van der Waals surface area contributed by atoms with Gasteiger partial charge in [0.15, 0.2) is 0 Å². The van der Waals surface area contributed by atoms with Crippen molar-refractivity contribution < 1.29 is 24.2 Å². The lowest BCUT2D eigenvalue weighted by molar-refractivity contribution is -0.145. The summed E-state index contributed by atoms with van der Waals surface area (Å²) in [6, 6.07) is 19.3.